The van der Waals surface area contributed by atoms with Crippen molar-refractivity contribution in [3.8, 4) is 0 Å². The lowest BCUT2D eigenvalue weighted by molar-refractivity contribution is -0.117. The number of benzene rings is 1. The molecule has 1 aliphatic carbocycles. The van der Waals surface area contributed by atoms with Crippen LogP contribution in [0.1, 0.15) is 43.2 Å². The lowest BCUT2D eigenvalue weighted by Gasteiger charge is -2.39. The zero-order chi connectivity index (χ0) is 20.4. The number of hydrogen-bond donors (Lipinski definition) is 1. The average Bonchev–Trinajstić information content (AvgIpc) is 2.95. The SMILES string of the molecule is Cc1cnc(N2CC3(CCCCC3)N(CC(=O)Nc3cccc(C)c3)C2=O)nc1. The molecule has 7 nitrogen and oxygen atoms in total. The van der Waals surface area contributed by atoms with Gasteiger partial charge in [0, 0.05) is 18.1 Å². The highest BCUT2D eigenvalue weighted by Gasteiger charge is 2.51. The Hall–Kier alpha value is -2.96. The normalized spacial score (nSPS) is 18.3. The maximum absolute atomic E-state index is 13.3. The molecule has 1 N–H and O–H groups in total. The number of amides is 3. The quantitative estimate of drug-likeness (QED) is 0.859. The third-order valence-electron chi connectivity index (χ3n) is 5.88. The summed E-state index contributed by atoms with van der Waals surface area (Å²) in [4.78, 5) is 38.2. The van der Waals surface area contributed by atoms with E-state index in [1.165, 1.54) is 6.42 Å². The number of urea groups is 1. The van der Waals surface area contributed by atoms with Gasteiger partial charge in [-0.2, -0.15) is 0 Å². The largest absolute Gasteiger partial charge is 0.327 e. The van der Waals surface area contributed by atoms with Gasteiger partial charge in [-0.25, -0.2) is 14.8 Å². The summed E-state index contributed by atoms with van der Waals surface area (Å²) in [6.45, 7) is 4.47. The lowest BCUT2D eigenvalue weighted by atomic mass is 9.81. The molecule has 1 spiro atoms. The number of aryl methyl sites for hydroxylation is 2. The monoisotopic (exact) mass is 393 g/mol. The van der Waals surface area contributed by atoms with Crippen LogP contribution in [-0.4, -0.2) is 45.4 Å². The van der Waals surface area contributed by atoms with Gasteiger partial charge < -0.3 is 10.2 Å². The van der Waals surface area contributed by atoms with Gasteiger partial charge in [0.15, 0.2) is 0 Å². The fraction of sp³-hybridized carbons (Fsp3) is 0.455. The van der Waals surface area contributed by atoms with Crippen molar-refractivity contribution in [3.63, 3.8) is 0 Å². The van der Waals surface area contributed by atoms with Gasteiger partial charge in [0.1, 0.15) is 6.54 Å². The van der Waals surface area contributed by atoms with Gasteiger partial charge in [-0.05, 0) is 49.9 Å². The van der Waals surface area contributed by atoms with Crippen LogP contribution >= 0.6 is 0 Å². The molecule has 7 heteroatoms. The Morgan fingerprint density at radius 3 is 2.52 bits per heavy atom. The molecule has 29 heavy (non-hydrogen) atoms. The Morgan fingerprint density at radius 2 is 1.83 bits per heavy atom. The van der Waals surface area contributed by atoms with E-state index in [4.69, 9.17) is 0 Å². The van der Waals surface area contributed by atoms with Crippen molar-refractivity contribution in [1.82, 2.24) is 14.9 Å². The fourth-order valence-corrected chi connectivity index (χ4v) is 4.42. The van der Waals surface area contributed by atoms with Gasteiger partial charge >= 0.3 is 6.03 Å². The summed E-state index contributed by atoms with van der Waals surface area (Å²) in [6, 6.07) is 7.49. The number of aromatic nitrogens is 2. The first-order chi connectivity index (χ1) is 14.0. The minimum atomic E-state index is -0.326. The predicted molar refractivity (Wildman–Crippen MR) is 112 cm³/mol. The molecule has 1 aromatic heterocycles. The molecule has 0 atom stereocenters. The molecule has 1 aliphatic heterocycles. The zero-order valence-electron chi connectivity index (χ0n) is 17.0. The molecule has 0 unspecified atom stereocenters. The Labute approximate surface area is 171 Å². The van der Waals surface area contributed by atoms with Crippen LogP contribution < -0.4 is 10.2 Å². The Morgan fingerprint density at radius 1 is 1.10 bits per heavy atom. The van der Waals surface area contributed by atoms with Gasteiger partial charge in [0.2, 0.25) is 11.9 Å². The van der Waals surface area contributed by atoms with E-state index in [2.05, 4.69) is 15.3 Å². The highest BCUT2D eigenvalue weighted by atomic mass is 16.2. The second kappa shape index (κ2) is 7.81. The third-order valence-corrected chi connectivity index (χ3v) is 5.88. The number of hydrogen-bond acceptors (Lipinski definition) is 4. The number of carbonyl (C=O) groups is 2. The predicted octanol–water partition coefficient (Wildman–Crippen LogP) is 3.68. The van der Waals surface area contributed by atoms with Crippen LogP contribution in [0.15, 0.2) is 36.7 Å². The van der Waals surface area contributed by atoms with E-state index in [1.54, 1.807) is 22.2 Å². The van der Waals surface area contributed by atoms with Gasteiger partial charge in [-0.3, -0.25) is 9.69 Å². The number of anilines is 2. The topological polar surface area (TPSA) is 78.4 Å². The molecule has 1 saturated heterocycles. The van der Waals surface area contributed by atoms with Crippen LogP contribution in [0, 0.1) is 13.8 Å². The minimum absolute atomic E-state index is 0.0368. The number of carbonyl (C=O) groups excluding carboxylic acids is 2. The van der Waals surface area contributed by atoms with Crippen molar-refractivity contribution in [3.05, 3.63) is 47.8 Å². The Balaban J connectivity index is 1.56. The van der Waals surface area contributed by atoms with E-state index in [-0.39, 0.29) is 24.0 Å². The summed E-state index contributed by atoms with van der Waals surface area (Å²) >= 11 is 0. The standard InChI is InChI=1S/C22H27N5O2/c1-16-7-6-8-18(11-16)25-19(28)14-27-21(29)26(20-23-12-17(2)13-24-20)15-22(27)9-4-3-5-10-22/h6-8,11-13H,3-5,9-10,14-15H2,1-2H3,(H,25,28). The second-order valence-corrected chi connectivity index (χ2v) is 8.22. The minimum Gasteiger partial charge on any atom is -0.325 e. The van der Waals surface area contributed by atoms with Gasteiger partial charge in [0.25, 0.3) is 0 Å². The molecule has 2 aliphatic rings. The van der Waals surface area contributed by atoms with Crippen LogP contribution in [0.25, 0.3) is 0 Å². The molecule has 0 bridgehead atoms. The first-order valence-corrected chi connectivity index (χ1v) is 10.2. The van der Waals surface area contributed by atoms with Crippen LogP contribution in [0.3, 0.4) is 0 Å². The first kappa shape index (κ1) is 19.4. The molecule has 2 heterocycles. The number of nitrogens with one attached hydrogen (secondary N) is 1. The van der Waals surface area contributed by atoms with E-state index in [9.17, 15) is 9.59 Å². The molecule has 2 fully saturated rings. The molecular weight excluding hydrogens is 366 g/mol. The van der Waals surface area contributed by atoms with Crippen molar-refractivity contribution in [2.75, 3.05) is 23.3 Å². The Kier molecular flexibility index (Phi) is 5.22. The van der Waals surface area contributed by atoms with Crippen LogP contribution in [-0.2, 0) is 4.79 Å². The van der Waals surface area contributed by atoms with Crippen LogP contribution in [0.2, 0.25) is 0 Å². The van der Waals surface area contributed by atoms with E-state index in [1.807, 2.05) is 38.1 Å². The molecule has 1 saturated carbocycles. The summed E-state index contributed by atoms with van der Waals surface area (Å²) < 4.78 is 0. The van der Waals surface area contributed by atoms with Gasteiger partial charge in [0.05, 0.1) is 12.1 Å². The van der Waals surface area contributed by atoms with E-state index < -0.39 is 0 Å². The summed E-state index contributed by atoms with van der Waals surface area (Å²) in [5.74, 6) is 0.229. The first-order valence-electron chi connectivity index (χ1n) is 10.2. The number of nitrogens with zero attached hydrogens (tertiary/aromatic N) is 4. The lowest BCUT2D eigenvalue weighted by Crippen LogP contribution is -2.51. The summed E-state index contributed by atoms with van der Waals surface area (Å²) in [5.41, 5.74) is 2.44. The highest BCUT2D eigenvalue weighted by molar-refractivity contribution is 5.99. The average molecular weight is 393 g/mol. The molecule has 0 radical (unpaired) electrons. The Bertz CT molecular complexity index is 906. The van der Waals surface area contributed by atoms with Crippen molar-refractivity contribution in [2.24, 2.45) is 0 Å². The molecular formula is C22H27N5O2. The summed E-state index contributed by atoms with van der Waals surface area (Å²) in [5, 5.41) is 2.93. The smallest absolute Gasteiger partial charge is 0.325 e. The molecule has 152 valence electrons. The third kappa shape index (κ3) is 3.95. The van der Waals surface area contributed by atoms with E-state index in [0.29, 0.717) is 12.5 Å². The number of rotatable bonds is 4. The second-order valence-electron chi connectivity index (χ2n) is 8.22. The van der Waals surface area contributed by atoms with E-state index >= 15 is 0 Å². The zero-order valence-corrected chi connectivity index (χ0v) is 17.0. The van der Waals surface area contributed by atoms with Gasteiger partial charge in [-0.1, -0.05) is 31.4 Å². The maximum Gasteiger partial charge on any atom is 0.327 e. The molecule has 2 aromatic rings. The molecule has 1 aromatic carbocycles. The van der Waals surface area contributed by atoms with Crippen molar-refractivity contribution >= 4 is 23.6 Å². The fourth-order valence-electron chi connectivity index (χ4n) is 4.42. The summed E-state index contributed by atoms with van der Waals surface area (Å²) in [7, 11) is 0. The summed E-state index contributed by atoms with van der Waals surface area (Å²) in [6.07, 6.45) is 8.53. The highest BCUT2D eigenvalue weighted by Crippen LogP contribution is 2.40. The van der Waals surface area contributed by atoms with Crippen LogP contribution in [0.4, 0.5) is 16.4 Å². The van der Waals surface area contributed by atoms with Crippen molar-refractivity contribution in [1.29, 1.82) is 0 Å². The molecule has 3 amide bonds. The van der Waals surface area contributed by atoms with E-state index in [0.717, 1.165) is 42.5 Å². The van der Waals surface area contributed by atoms with Crippen molar-refractivity contribution in [2.45, 2.75) is 51.5 Å². The maximum atomic E-state index is 13.3. The van der Waals surface area contributed by atoms with Gasteiger partial charge in [-0.15, -0.1) is 0 Å². The van der Waals surface area contributed by atoms with Crippen LogP contribution in [0.5, 0.6) is 0 Å². The van der Waals surface area contributed by atoms with Crippen molar-refractivity contribution < 1.29 is 9.59 Å². The molecule has 4 rings (SSSR count).